The Balaban J connectivity index is 1.54. The molecule has 1 aromatic carbocycles. The molecule has 3 N–H and O–H groups in total. The van der Waals surface area contributed by atoms with Crippen molar-refractivity contribution in [1.29, 1.82) is 0 Å². The molecule has 0 bridgehead atoms. The van der Waals surface area contributed by atoms with Crippen molar-refractivity contribution >= 4 is 11.8 Å². The minimum Gasteiger partial charge on any atom is -0.370 e. The van der Waals surface area contributed by atoms with Crippen LogP contribution in [-0.2, 0) is 6.18 Å². The second-order valence-corrected chi connectivity index (χ2v) is 5.80. The molecule has 0 unspecified atom stereocenters. The van der Waals surface area contributed by atoms with Gasteiger partial charge in [-0.3, -0.25) is 0 Å². The van der Waals surface area contributed by atoms with Crippen LogP contribution in [0.5, 0.6) is 0 Å². The van der Waals surface area contributed by atoms with Crippen molar-refractivity contribution < 1.29 is 13.2 Å². The van der Waals surface area contributed by atoms with Crippen molar-refractivity contribution in [1.82, 2.24) is 4.98 Å². The number of nitrogens with zero attached hydrogens (tertiary/aromatic N) is 2. The maximum Gasteiger partial charge on any atom is 0.416 e. The van der Waals surface area contributed by atoms with E-state index >= 15 is 0 Å². The van der Waals surface area contributed by atoms with E-state index in [2.05, 4.69) is 15.3 Å². The number of aromatic nitrogens is 1. The largest absolute Gasteiger partial charge is 0.416 e. The van der Waals surface area contributed by atoms with Gasteiger partial charge in [-0.1, -0.05) is 18.2 Å². The number of anilines is 1. The first-order chi connectivity index (χ1) is 11.4. The van der Waals surface area contributed by atoms with E-state index in [0.717, 1.165) is 30.5 Å². The second kappa shape index (κ2) is 6.51. The molecule has 1 aliphatic carbocycles. The smallest absolute Gasteiger partial charge is 0.370 e. The average Bonchev–Trinajstić information content (AvgIpc) is 2.51. The maximum atomic E-state index is 12.6. The molecule has 24 heavy (non-hydrogen) atoms. The highest BCUT2D eigenvalue weighted by Gasteiger charge is 2.33. The molecule has 7 heteroatoms. The predicted molar refractivity (Wildman–Crippen MR) is 86.7 cm³/mol. The van der Waals surface area contributed by atoms with Crippen molar-refractivity contribution in [2.24, 2.45) is 10.7 Å². The zero-order valence-electron chi connectivity index (χ0n) is 12.8. The summed E-state index contributed by atoms with van der Waals surface area (Å²) in [5, 5.41) is 2.91. The molecule has 0 saturated heterocycles. The predicted octanol–water partition coefficient (Wildman–Crippen LogP) is 3.77. The van der Waals surface area contributed by atoms with Gasteiger partial charge in [0.15, 0.2) is 5.96 Å². The lowest BCUT2D eigenvalue weighted by molar-refractivity contribution is -0.137. The quantitative estimate of drug-likeness (QED) is 0.663. The van der Waals surface area contributed by atoms with E-state index in [9.17, 15) is 13.2 Å². The fourth-order valence-corrected chi connectivity index (χ4v) is 2.71. The van der Waals surface area contributed by atoms with Gasteiger partial charge in [-0.05, 0) is 48.6 Å². The van der Waals surface area contributed by atoms with E-state index in [1.54, 1.807) is 30.5 Å². The lowest BCUT2D eigenvalue weighted by Crippen LogP contribution is -2.31. The van der Waals surface area contributed by atoms with Gasteiger partial charge in [-0.25, -0.2) is 9.98 Å². The maximum absolute atomic E-state index is 12.6. The number of hydrogen-bond acceptors (Lipinski definition) is 2. The van der Waals surface area contributed by atoms with Gasteiger partial charge in [0.25, 0.3) is 0 Å². The van der Waals surface area contributed by atoms with E-state index < -0.39 is 11.7 Å². The highest BCUT2D eigenvalue weighted by atomic mass is 19.4. The molecule has 126 valence electrons. The number of halogens is 3. The zero-order valence-corrected chi connectivity index (χ0v) is 12.8. The molecule has 3 rings (SSSR count). The molecule has 2 aromatic rings. The molecule has 0 amide bonds. The van der Waals surface area contributed by atoms with Gasteiger partial charge in [0.05, 0.1) is 11.6 Å². The summed E-state index contributed by atoms with van der Waals surface area (Å²) in [4.78, 5) is 8.47. The Morgan fingerprint density at radius 1 is 1.12 bits per heavy atom. The third-order valence-electron chi connectivity index (χ3n) is 4.07. The van der Waals surface area contributed by atoms with Crippen LogP contribution in [0.2, 0.25) is 0 Å². The molecule has 1 aliphatic rings. The highest BCUT2D eigenvalue weighted by Crippen LogP contribution is 2.39. The number of rotatable bonds is 3. The van der Waals surface area contributed by atoms with Gasteiger partial charge in [-0.15, -0.1) is 0 Å². The number of nitrogens with two attached hydrogens (primary N) is 1. The van der Waals surface area contributed by atoms with Crippen LogP contribution in [0.15, 0.2) is 53.7 Å². The first kappa shape index (κ1) is 16.3. The van der Waals surface area contributed by atoms with Crippen molar-refractivity contribution in [2.45, 2.75) is 31.0 Å². The van der Waals surface area contributed by atoms with Crippen LogP contribution in [0.25, 0.3) is 0 Å². The van der Waals surface area contributed by atoms with Crippen LogP contribution in [0, 0.1) is 0 Å². The van der Waals surface area contributed by atoms with E-state index in [0.29, 0.717) is 11.8 Å². The Bertz CT molecular complexity index is 705. The Hall–Kier alpha value is -2.57. The minimum atomic E-state index is -4.30. The molecule has 0 aliphatic heterocycles. The fraction of sp³-hybridized carbons (Fsp3) is 0.294. The lowest BCUT2D eigenvalue weighted by Gasteiger charge is -2.33. The van der Waals surface area contributed by atoms with Crippen molar-refractivity contribution in [2.75, 3.05) is 5.32 Å². The Morgan fingerprint density at radius 2 is 1.83 bits per heavy atom. The van der Waals surface area contributed by atoms with E-state index in [1.165, 1.54) is 0 Å². The number of hydrogen-bond donors (Lipinski definition) is 2. The van der Waals surface area contributed by atoms with Crippen molar-refractivity contribution in [3.63, 3.8) is 0 Å². The number of aliphatic imine (C=N–C) groups is 1. The Morgan fingerprint density at radius 3 is 2.42 bits per heavy atom. The van der Waals surface area contributed by atoms with E-state index in [4.69, 9.17) is 5.73 Å². The molecule has 1 heterocycles. The lowest BCUT2D eigenvalue weighted by atomic mass is 9.76. The molecule has 1 saturated carbocycles. The number of pyridine rings is 1. The van der Waals surface area contributed by atoms with Gasteiger partial charge in [0.2, 0.25) is 0 Å². The summed E-state index contributed by atoms with van der Waals surface area (Å²) in [6, 6.07) is 10.9. The summed E-state index contributed by atoms with van der Waals surface area (Å²) >= 11 is 0. The van der Waals surface area contributed by atoms with Gasteiger partial charge in [0.1, 0.15) is 5.82 Å². The summed E-state index contributed by atoms with van der Waals surface area (Å²) in [7, 11) is 0. The molecule has 1 aromatic heterocycles. The third kappa shape index (κ3) is 3.84. The molecule has 0 spiro atoms. The van der Waals surface area contributed by atoms with Crippen LogP contribution < -0.4 is 11.1 Å². The molecule has 0 radical (unpaired) electrons. The zero-order chi connectivity index (χ0) is 17.2. The Labute approximate surface area is 137 Å². The van der Waals surface area contributed by atoms with Crippen LogP contribution in [0.3, 0.4) is 0 Å². The summed E-state index contributed by atoms with van der Waals surface area (Å²) in [5.74, 6) is 1.14. The minimum absolute atomic E-state index is 0.0773. The van der Waals surface area contributed by atoms with Crippen LogP contribution in [-0.4, -0.2) is 17.0 Å². The summed E-state index contributed by atoms with van der Waals surface area (Å²) in [6.45, 7) is 0. The monoisotopic (exact) mass is 334 g/mol. The van der Waals surface area contributed by atoms with E-state index in [-0.39, 0.29) is 12.0 Å². The van der Waals surface area contributed by atoms with Crippen molar-refractivity contribution in [3.05, 3.63) is 59.8 Å². The van der Waals surface area contributed by atoms with Crippen LogP contribution in [0.1, 0.15) is 29.9 Å². The van der Waals surface area contributed by atoms with Gasteiger partial charge < -0.3 is 11.1 Å². The fourth-order valence-electron chi connectivity index (χ4n) is 2.71. The average molecular weight is 334 g/mol. The van der Waals surface area contributed by atoms with Gasteiger partial charge >= 0.3 is 6.18 Å². The standard InChI is InChI=1S/C17H17F3N4/c18-17(19,20)13-6-4-11(5-7-13)12-9-14(10-12)23-16(21)24-15-3-1-2-8-22-15/h1-8,12,14H,9-10H2,(H3,21,22,23,24). The van der Waals surface area contributed by atoms with Crippen LogP contribution >= 0.6 is 0 Å². The van der Waals surface area contributed by atoms with Crippen LogP contribution in [0.4, 0.5) is 19.0 Å². The number of alkyl halides is 3. The molecule has 4 nitrogen and oxygen atoms in total. The molecular weight excluding hydrogens is 317 g/mol. The first-order valence-corrected chi connectivity index (χ1v) is 7.60. The Kier molecular flexibility index (Phi) is 4.42. The molecule has 1 fully saturated rings. The van der Waals surface area contributed by atoms with Gasteiger partial charge in [-0.2, -0.15) is 13.2 Å². The molecule has 0 atom stereocenters. The number of benzene rings is 1. The normalized spacial score (nSPS) is 21.2. The third-order valence-corrected chi connectivity index (χ3v) is 4.07. The topological polar surface area (TPSA) is 63.3 Å². The van der Waals surface area contributed by atoms with Crippen molar-refractivity contribution in [3.8, 4) is 0 Å². The summed E-state index contributed by atoms with van der Waals surface area (Å²) < 4.78 is 37.7. The van der Waals surface area contributed by atoms with Gasteiger partial charge in [0, 0.05) is 6.20 Å². The number of nitrogens with one attached hydrogen (secondary N) is 1. The summed E-state index contributed by atoms with van der Waals surface area (Å²) in [5.41, 5.74) is 6.13. The molecular formula is C17H17F3N4. The van der Waals surface area contributed by atoms with E-state index in [1.807, 2.05) is 6.07 Å². The summed E-state index contributed by atoms with van der Waals surface area (Å²) in [6.07, 6.45) is -1.10. The first-order valence-electron chi connectivity index (χ1n) is 7.60. The number of guanidine groups is 1. The highest BCUT2D eigenvalue weighted by molar-refractivity contribution is 5.91. The SMILES string of the molecule is NC(=NC1CC(c2ccc(C(F)(F)F)cc2)C1)Nc1ccccn1. The second-order valence-electron chi connectivity index (χ2n) is 5.80.